The summed E-state index contributed by atoms with van der Waals surface area (Å²) in [5.41, 5.74) is 4.65. The Hall–Kier alpha value is -1.70. The van der Waals surface area contributed by atoms with Crippen LogP contribution in [0.4, 0.5) is 5.69 Å². The smallest absolute Gasteiger partial charge is 0.0766 e. The van der Waals surface area contributed by atoms with Crippen molar-refractivity contribution in [1.82, 2.24) is 4.98 Å². The Morgan fingerprint density at radius 1 is 1.12 bits per heavy atom. The van der Waals surface area contributed by atoms with Crippen molar-refractivity contribution >= 4 is 23.3 Å². The highest BCUT2D eigenvalue weighted by Gasteiger charge is 2.16. The van der Waals surface area contributed by atoms with E-state index in [1.54, 1.807) is 0 Å². The number of fused-ring (bicyclic) bond motifs is 2. The van der Waals surface area contributed by atoms with E-state index in [9.17, 15) is 0 Å². The van der Waals surface area contributed by atoms with Crippen LogP contribution in [-0.2, 0) is 12.8 Å². The Labute approximate surface area is 95.0 Å². The largest absolute Gasteiger partial charge is 0.264 e. The normalized spacial score (nSPS) is 14.8. The average molecular weight is 210 g/mol. The van der Waals surface area contributed by atoms with Gasteiger partial charge in [0.25, 0.3) is 0 Å². The quantitative estimate of drug-likeness (QED) is 0.662. The molecular formula is C14H14N2. The van der Waals surface area contributed by atoms with E-state index in [2.05, 4.69) is 23.8 Å². The Kier molecular flexibility index (Phi) is 2.21. The van der Waals surface area contributed by atoms with E-state index in [0.29, 0.717) is 0 Å². The van der Waals surface area contributed by atoms with Gasteiger partial charge in [0.05, 0.1) is 11.2 Å². The van der Waals surface area contributed by atoms with Gasteiger partial charge in [-0.2, -0.15) is 0 Å². The molecule has 0 unspecified atom stereocenters. The van der Waals surface area contributed by atoms with Crippen LogP contribution in [0.1, 0.15) is 24.1 Å². The van der Waals surface area contributed by atoms with E-state index >= 15 is 0 Å². The van der Waals surface area contributed by atoms with Gasteiger partial charge in [-0.1, -0.05) is 18.2 Å². The van der Waals surface area contributed by atoms with Crippen LogP contribution in [0.2, 0.25) is 0 Å². The van der Waals surface area contributed by atoms with Crippen LogP contribution in [0.15, 0.2) is 29.3 Å². The van der Waals surface area contributed by atoms with Crippen LogP contribution in [0, 0.1) is 0 Å². The second kappa shape index (κ2) is 3.71. The molecule has 0 atom stereocenters. The lowest BCUT2D eigenvalue weighted by atomic mass is 9.93. The Balaban J connectivity index is 2.39. The van der Waals surface area contributed by atoms with Gasteiger partial charge in [-0.05, 0) is 44.0 Å². The molecule has 0 saturated heterocycles. The van der Waals surface area contributed by atoms with Crippen molar-refractivity contribution < 1.29 is 0 Å². The molecule has 0 aliphatic heterocycles. The molecule has 2 aromatic rings. The summed E-state index contributed by atoms with van der Waals surface area (Å²) in [6.07, 6.45) is 4.68. The van der Waals surface area contributed by atoms with Gasteiger partial charge in [-0.15, -0.1) is 0 Å². The van der Waals surface area contributed by atoms with Crippen LogP contribution in [0.25, 0.3) is 10.9 Å². The third-order valence-electron chi connectivity index (χ3n) is 3.30. The predicted molar refractivity (Wildman–Crippen MR) is 67.6 cm³/mol. The lowest BCUT2D eigenvalue weighted by Gasteiger charge is -2.18. The molecule has 1 aromatic carbocycles. The molecule has 0 bridgehead atoms. The zero-order chi connectivity index (χ0) is 11.0. The lowest BCUT2D eigenvalue weighted by Crippen LogP contribution is -2.05. The van der Waals surface area contributed by atoms with Crippen molar-refractivity contribution in [3.8, 4) is 0 Å². The van der Waals surface area contributed by atoms with Crippen LogP contribution in [0.5, 0.6) is 0 Å². The highest BCUT2D eigenvalue weighted by atomic mass is 14.8. The third kappa shape index (κ3) is 1.33. The molecule has 0 fully saturated rings. The lowest BCUT2D eigenvalue weighted by molar-refractivity contribution is 0.672. The van der Waals surface area contributed by atoms with E-state index in [4.69, 9.17) is 4.98 Å². The second-order valence-electron chi connectivity index (χ2n) is 4.27. The Morgan fingerprint density at radius 3 is 2.81 bits per heavy atom. The molecule has 2 heteroatoms. The first-order valence-electron chi connectivity index (χ1n) is 5.77. The minimum Gasteiger partial charge on any atom is -0.264 e. The fraction of sp³-hybridized carbons (Fsp3) is 0.286. The summed E-state index contributed by atoms with van der Waals surface area (Å²) < 4.78 is 0. The zero-order valence-electron chi connectivity index (χ0n) is 9.24. The van der Waals surface area contributed by atoms with E-state index in [1.807, 2.05) is 12.1 Å². The van der Waals surface area contributed by atoms with E-state index in [-0.39, 0.29) is 0 Å². The first-order chi connectivity index (χ1) is 7.90. The predicted octanol–water partition coefficient (Wildman–Crippen LogP) is 3.45. The number of para-hydroxylation sites is 1. The first kappa shape index (κ1) is 9.52. The molecule has 1 aliphatic rings. The summed E-state index contributed by atoms with van der Waals surface area (Å²) >= 11 is 0. The summed E-state index contributed by atoms with van der Waals surface area (Å²) in [5, 5.41) is 1.14. The monoisotopic (exact) mass is 210 g/mol. The molecule has 3 rings (SSSR count). The summed E-state index contributed by atoms with van der Waals surface area (Å²) in [7, 11) is 0. The molecule has 1 aromatic heterocycles. The number of nitrogens with zero attached hydrogens (tertiary/aromatic N) is 2. The molecule has 2 nitrogen and oxygen atoms in total. The van der Waals surface area contributed by atoms with E-state index < -0.39 is 0 Å². The van der Waals surface area contributed by atoms with Crippen molar-refractivity contribution in [2.75, 3.05) is 0 Å². The van der Waals surface area contributed by atoms with Crippen molar-refractivity contribution in [3.63, 3.8) is 0 Å². The topological polar surface area (TPSA) is 25.2 Å². The van der Waals surface area contributed by atoms with Crippen molar-refractivity contribution in [2.24, 2.45) is 4.99 Å². The number of hydrogen-bond donors (Lipinski definition) is 0. The summed E-state index contributed by atoms with van der Waals surface area (Å²) in [6, 6.07) is 8.20. The van der Waals surface area contributed by atoms with Crippen molar-refractivity contribution in [1.29, 1.82) is 0 Å². The summed E-state index contributed by atoms with van der Waals surface area (Å²) in [5.74, 6) is 0. The van der Waals surface area contributed by atoms with Crippen LogP contribution >= 0.6 is 0 Å². The number of aromatic nitrogens is 1. The number of aliphatic imine (C=N–C) groups is 1. The van der Waals surface area contributed by atoms with E-state index in [0.717, 1.165) is 29.4 Å². The van der Waals surface area contributed by atoms with Gasteiger partial charge < -0.3 is 0 Å². The van der Waals surface area contributed by atoms with E-state index in [1.165, 1.54) is 24.1 Å². The van der Waals surface area contributed by atoms with Gasteiger partial charge in [-0.25, -0.2) is 0 Å². The zero-order valence-corrected chi connectivity index (χ0v) is 9.24. The van der Waals surface area contributed by atoms with Crippen molar-refractivity contribution in [3.05, 3.63) is 35.5 Å². The number of hydrogen-bond acceptors (Lipinski definition) is 2. The van der Waals surface area contributed by atoms with Crippen LogP contribution < -0.4 is 0 Å². The molecule has 16 heavy (non-hydrogen) atoms. The minimum atomic E-state index is 1.05. The van der Waals surface area contributed by atoms with Gasteiger partial charge in [-0.3, -0.25) is 9.98 Å². The molecule has 80 valence electrons. The Bertz CT molecular complexity index is 558. The third-order valence-corrected chi connectivity index (χ3v) is 3.30. The molecular weight excluding hydrogens is 196 g/mol. The van der Waals surface area contributed by atoms with Gasteiger partial charge in [0.1, 0.15) is 0 Å². The molecule has 0 amide bonds. The molecule has 0 N–H and O–H groups in total. The number of aryl methyl sites for hydroxylation is 1. The van der Waals surface area contributed by atoms with Gasteiger partial charge in [0, 0.05) is 11.1 Å². The fourth-order valence-corrected chi connectivity index (χ4v) is 2.53. The van der Waals surface area contributed by atoms with Gasteiger partial charge >= 0.3 is 0 Å². The second-order valence-corrected chi connectivity index (χ2v) is 4.27. The summed E-state index contributed by atoms with van der Waals surface area (Å²) in [4.78, 5) is 8.96. The highest BCUT2D eigenvalue weighted by Crippen LogP contribution is 2.34. The molecule has 0 saturated carbocycles. The molecule has 1 heterocycles. The number of pyridine rings is 1. The molecule has 0 spiro atoms. The van der Waals surface area contributed by atoms with Gasteiger partial charge in [0.2, 0.25) is 0 Å². The SMILES string of the molecule is C=Nc1c2c(nc3ccccc13)CCCC2. The van der Waals surface area contributed by atoms with Crippen LogP contribution in [0.3, 0.4) is 0 Å². The number of rotatable bonds is 1. The fourth-order valence-electron chi connectivity index (χ4n) is 2.53. The molecule has 1 aliphatic carbocycles. The number of benzene rings is 1. The van der Waals surface area contributed by atoms with Crippen LogP contribution in [-0.4, -0.2) is 11.7 Å². The molecule has 0 radical (unpaired) electrons. The van der Waals surface area contributed by atoms with Gasteiger partial charge in [0.15, 0.2) is 0 Å². The first-order valence-corrected chi connectivity index (χ1v) is 5.77. The minimum absolute atomic E-state index is 1.05. The average Bonchev–Trinajstić information content (AvgIpc) is 2.36. The van der Waals surface area contributed by atoms with Crippen molar-refractivity contribution in [2.45, 2.75) is 25.7 Å². The highest BCUT2D eigenvalue weighted by molar-refractivity contribution is 5.92. The maximum Gasteiger partial charge on any atom is 0.0766 e. The maximum absolute atomic E-state index is 4.74. The Morgan fingerprint density at radius 2 is 1.94 bits per heavy atom. The summed E-state index contributed by atoms with van der Waals surface area (Å²) in [6.45, 7) is 3.71. The maximum atomic E-state index is 4.74. The standard InChI is InChI=1S/C14H14N2/c1-15-14-10-6-2-4-8-12(10)16-13-9-5-3-7-11(13)14/h2,4,6,8H,1,3,5,7,9H2.